The number of carbonyl (C=O) groups is 2. The second-order valence-electron chi connectivity index (χ2n) is 7.35. The van der Waals surface area contributed by atoms with Gasteiger partial charge in [0.1, 0.15) is 11.4 Å². The molecule has 0 aliphatic rings. The maximum Gasteiger partial charge on any atom is 0.387 e. The summed E-state index contributed by atoms with van der Waals surface area (Å²) >= 11 is 0. The van der Waals surface area contributed by atoms with Crippen molar-refractivity contribution >= 4 is 22.8 Å². The van der Waals surface area contributed by atoms with Crippen LogP contribution in [0.3, 0.4) is 0 Å². The first-order valence-corrected chi connectivity index (χ1v) is 9.11. The predicted octanol–water partition coefficient (Wildman–Crippen LogP) is 4.56. The van der Waals surface area contributed by atoms with Gasteiger partial charge in [0.25, 0.3) is 0 Å². The lowest BCUT2D eigenvalue weighted by Gasteiger charge is -2.24. The predicted molar refractivity (Wildman–Crippen MR) is 104 cm³/mol. The van der Waals surface area contributed by atoms with Crippen LogP contribution in [0.5, 0.6) is 5.75 Å². The zero-order valence-electron chi connectivity index (χ0n) is 17.1. The van der Waals surface area contributed by atoms with Gasteiger partial charge in [0.05, 0.1) is 19.2 Å². The molecule has 0 N–H and O–H groups in total. The van der Waals surface area contributed by atoms with Crippen LogP contribution >= 0.6 is 0 Å². The molecule has 1 aromatic heterocycles. The first kappa shape index (κ1) is 22.4. The summed E-state index contributed by atoms with van der Waals surface area (Å²) in [6.07, 6.45) is 1.40. The van der Waals surface area contributed by atoms with Crippen molar-refractivity contribution in [3.05, 3.63) is 41.6 Å². The molecular formula is C21H25F2NO5. The van der Waals surface area contributed by atoms with Crippen molar-refractivity contribution in [2.24, 2.45) is 5.41 Å². The van der Waals surface area contributed by atoms with Gasteiger partial charge in [-0.05, 0) is 36.1 Å². The molecule has 0 saturated carbocycles. The molecule has 0 spiro atoms. The molecule has 2 rings (SSSR count). The molecule has 6 nitrogen and oxygen atoms in total. The number of methoxy groups -OCH3 is 1. The van der Waals surface area contributed by atoms with E-state index in [2.05, 4.69) is 4.74 Å². The Morgan fingerprint density at radius 3 is 2.48 bits per heavy atom. The largest absolute Gasteiger partial charge is 0.464 e. The van der Waals surface area contributed by atoms with E-state index in [0.717, 1.165) is 0 Å². The van der Waals surface area contributed by atoms with E-state index in [9.17, 15) is 18.4 Å². The lowest BCUT2D eigenvalue weighted by atomic mass is 9.86. The molecule has 0 atom stereocenters. The minimum absolute atomic E-state index is 0.0481. The number of alkyl halides is 2. The number of esters is 2. The van der Waals surface area contributed by atoms with Crippen LogP contribution in [0.4, 0.5) is 8.78 Å². The lowest BCUT2D eigenvalue weighted by Crippen LogP contribution is -2.20. The molecule has 158 valence electrons. The minimum atomic E-state index is -3.00. The summed E-state index contributed by atoms with van der Waals surface area (Å²) in [5.41, 5.74) is 0.932. The van der Waals surface area contributed by atoms with Crippen LogP contribution in [0.1, 0.15) is 38.2 Å². The monoisotopic (exact) mass is 409 g/mol. The summed E-state index contributed by atoms with van der Waals surface area (Å²) in [4.78, 5) is 24.4. The normalized spacial score (nSPS) is 12.3. The maximum atomic E-state index is 12.8. The smallest absolute Gasteiger partial charge is 0.387 e. The van der Waals surface area contributed by atoms with Gasteiger partial charge in [-0.1, -0.05) is 26.8 Å². The van der Waals surface area contributed by atoms with Crippen molar-refractivity contribution in [3.63, 3.8) is 0 Å². The van der Waals surface area contributed by atoms with Gasteiger partial charge in [0, 0.05) is 18.0 Å². The third-order valence-corrected chi connectivity index (χ3v) is 4.39. The van der Waals surface area contributed by atoms with E-state index in [-0.39, 0.29) is 24.6 Å². The molecule has 0 amide bonds. The van der Waals surface area contributed by atoms with E-state index >= 15 is 0 Å². The Labute approximate surface area is 168 Å². The summed E-state index contributed by atoms with van der Waals surface area (Å²) in [6.45, 7) is 4.88. The number of nitrogens with zero attached hydrogens (tertiary/aromatic N) is 1. The second kappa shape index (κ2) is 9.07. The molecule has 8 heteroatoms. The maximum absolute atomic E-state index is 12.8. The molecule has 0 radical (unpaired) electrons. The summed E-state index contributed by atoms with van der Waals surface area (Å²) in [5, 5.41) is 0.345. The number of fused-ring (bicyclic) bond motifs is 1. The average Bonchev–Trinajstić information content (AvgIpc) is 2.99. The van der Waals surface area contributed by atoms with Crippen molar-refractivity contribution in [1.82, 2.24) is 4.57 Å². The quantitative estimate of drug-likeness (QED) is 0.495. The number of ether oxygens (including phenoxy) is 3. The number of rotatable bonds is 7. The molecule has 0 saturated heterocycles. The van der Waals surface area contributed by atoms with Crippen LogP contribution in [0.25, 0.3) is 10.9 Å². The number of halogens is 2. The molecule has 0 unspecified atom stereocenters. The van der Waals surface area contributed by atoms with Crippen LogP contribution < -0.4 is 4.74 Å². The Hall–Kier alpha value is -2.90. The third kappa shape index (κ3) is 5.34. The van der Waals surface area contributed by atoms with Crippen molar-refractivity contribution in [3.8, 4) is 5.75 Å². The van der Waals surface area contributed by atoms with Gasteiger partial charge >= 0.3 is 18.6 Å². The van der Waals surface area contributed by atoms with Crippen LogP contribution in [0.15, 0.2) is 35.9 Å². The number of allylic oxidation sites excluding steroid dienone is 1. The second-order valence-corrected chi connectivity index (χ2v) is 7.35. The Kier molecular flexibility index (Phi) is 7.00. The first-order chi connectivity index (χ1) is 13.6. The van der Waals surface area contributed by atoms with E-state index in [1.807, 2.05) is 20.8 Å². The molecule has 0 fully saturated rings. The number of hydrogen-bond acceptors (Lipinski definition) is 5. The fraction of sp³-hybridized carbons (Fsp3) is 0.429. The zero-order chi connectivity index (χ0) is 21.8. The number of benzene rings is 1. The summed E-state index contributed by atoms with van der Waals surface area (Å²) in [5.74, 6) is -1.17. The molecule has 1 aromatic carbocycles. The Bertz CT molecular complexity index is 925. The van der Waals surface area contributed by atoms with Gasteiger partial charge in [0.15, 0.2) is 0 Å². The van der Waals surface area contributed by atoms with E-state index < -0.39 is 24.0 Å². The Morgan fingerprint density at radius 1 is 1.24 bits per heavy atom. The molecule has 1 heterocycles. The molecule has 2 aromatic rings. The molecular weight excluding hydrogens is 384 g/mol. The van der Waals surface area contributed by atoms with Gasteiger partial charge in [-0.3, -0.25) is 0 Å². The highest BCUT2D eigenvalue weighted by Gasteiger charge is 2.24. The van der Waals surface area contributed by atoms with Crippen molar-refractivity contribution < 1.29 is 32.6 Å². The van der Waals surface area contributed by atoms with Gasteiger partial charge in [-0.25, -0.2) is 9.59 Å². The third-order valence-electron chi connectivity index (χ3n) is 4.39. The van der Waals surface area contributed by atoms with Crippen LogP contribution in [-0.4, -0.2) is 36.8 Å². The number of hydrogen-bond donors (Lipinski definition) is 0. The minimum Gasteiger partial charge on any atom is -0.464 e. The van der Waals surface area contributed by atoms with Crippen LogP contribution in [0, 0.1) is 5.41 Å². The van der Waals surface area contributed by atoms with Crippen molar-refractivity contribution in [2.75, 3.05) is 13.7 Å². The van der Waals surface area contributed by atoms with Crippen LogP contribution in [0.2, 0.25) is 0 Å². The van der Waals surface area contributed by atoms with Crippen molar-refractivity contribution in [1.29, 1.82) is 0 Å². The number of aromatic nitrogens is 1. The Balaban J connectivity index is 2.65. The molecule has 0 bridgehead atoms. The SMILES string of the molecule is CCOC(=O)/C=C(/Cn1c(C(=O)OC)cc2c(OC(F)F)cccc21)C(C)(C)C. The van der Waals surface area contributed by atoms with Crippen LogP contribution in [-0.2, 0) is 20.8 Å². The fourth-order valence-electron chi connectivity index (χ4n) is 2.90. The zero-order valence-corrected chi connectivity index (χ0v) is 17.1. The number of carbonyl (C=O) groups excluding carboxylic acids is 2. The Morgan fingerprint density at radius 2 is 1.93 bits per heavy atom. The van der Waals surface area contributed by atoms with Gasteiger partial charge in [0.2, 0.25) is 0 Å². The summed E-state index contributed by atoms with van der Waals surface area (Å²) < 4.78 is 41.6. The van der Waals surface area contributed by atoms with Gasteiger partial charge in [-0.15, -0.1) is 0 Å². The van der Waals surface area contributed by atoms with E-state index in [4.69, 9.17) is 9.47 Å². The highest BCUT2D eigenvalue weighted by Crippen LogP contribution is 2.34. The van der Waals surface area contributed by atoms with E-state index in [1.54, 1.807) is 23.6 Å². The molecule has 29 heavy (non-hydrogen) atoms. The highest BCUT2D eigenvalue weighted by atomic mass is 19.3. The van der Waals surface area contributed by atoms with E-state index in [0.29, 0.717) is 16.5 Å². The van der Waals surface area contributed by atoms with Gasteiger partial charge in [-0.2, -0.15) is 8.78 Å². The highest BCUT2D eigenvalue weighted by molar-refractivity contribution is 5.98. The van der Waals surface area contributed by atoms with Gasteiger partial charge < -0.3 is 18.8 Å². The summed E-state index contributed by atoms with van der Waals surface area (Å²) in [7, 11) is 1.24. The molecule has 0 aliphatic carbocycles. The first-order valence-electron chi connectivity index (χ1n) is 9.11. The standard InChI is InChI=1S/C21H25F2NO5/c1-6-28-18(25)10-13(21(2,3)4)12-24-15-8-7-9-17(29-20(22)23)14(15)11-16(24)19(26)27-5/h7-11,20H,6,12H2,1-5H3/b13-10-. The fourth-order valence-corrected chi connectivity index (χ4v) is 2.90. The average molecular weight is 409 g/mol. The summed E-state index contributed by atoms with van der Waals surface area (Å²) in [6, 6.07) is 6.09. The van der Waals surface area contributed by atoms with Crippen molar-refractivity contribution in [2.45, 2.75) is 40.9 Å². The lowest BCUT2D eigenvalue weighted by molar-refractivity contribution is -0.137. The topological polar surface area (TPSA) is 66.8 Å². The molecule has 0 aliphatic heterocycles. The van der Waals surface area contributed by atoms with E-state index in [1.165, 1.54) is 25.3 Å².